The highest BCUT2D eigenvalue weighted by Gasteiger charge is 2.18. The van der Waals surface area contributed by atoms with Crippen LogP contribution in [0.5, 0.6) is 5.75 Å². The molecular weight excluding hydrogens is 322 g/mol. The Morgan fingerprint density at radius 1 is 1.31 bits per heavy atom. The van der Waals surface area contributed by atoms with Gasteiger partial charge in [0.05, 0.1) is 17.6 Å². The van der Waals surface area contributed by atoms with E-state index in [1.54, 1.807) is 0 Å². The van der Waals surface area contributed by atoms with Crippen LogP contribution >= 0.6 is 0 Å². The Balaban J connectivity index is 0.00000210. The normalized spacial score (nSPS) is 14.0. The van der Waals surface area contributed by atoms with E-state index in [0.29, 0.717) is 5.92 Å². The molecule has 0 atom stereocenters. The van der Waals surface area contributed by atoms with Crippen LogP contribution in [0.25, 0.3) is 21.8 Å². The van der Waals surface area contributed by atoms with Gasteiger partial charge in [0, 0.05) is 36.9 Å². The summed E-state index contributed by atoms with van der Waals surface area (Å²) in [6.07, 6.45) is 5.30. The third-order valence-electron chi connectivity index (χ3n) is 4.78. The van der Waals surface area contributed by atoms with Crippen LogP contribution in [0.2, 0.25) is 0 Å². The highest BCUT2D eigenvalue weighted by molar-refractivity contribution is 6.10. The number of pyridine rings is 1. The van der Waals surface area contributed by atoms with Crippen molar-refractivity contribution in [1.29, 1.82) is 0 Å². The summed E-state index contributed by atoms with van der Waals surface area (Å²) in [6.45, 7) is 3.86. The van der Waals surface area contributed by atoms with Gasteiger partial charge < -0.3 is 14.6 Å². The van der Waals surface area contributed by atoms with Gasteiger partial charge in [-0.15, -0.1) is 0 Å². The molecule has 1 aliphatic rings. The molecule has 3 aromatic rings. The highest BCUT2D eigenvalue weighted by Crippen LogP contribution is 2.33. The van der Waals surface area contributed by atoms with Crippen LogP contribution in [0.1, 0.15) is 31.9 Å². The number of benzene rings is 1. The van der Waals surface area contributed by atoms with E-state index in [9.17, 15) is 0 Å². The average molecular weight is 349 g/mol. The molecule has 0 spiro atoms. The van der Waals surface area contributed by atoms with Gasteiger partial charge >= 0.3 is 0 Å². The molecule has 0 amide bonds. The van der Waals surface area contributed by atoms with Crippen molar-refractivity contribution >= 4 is 21.8 Å². The summed E-state index contributed by atoms with van der Waals surface area (Å²) in [5.41, 5.74) is 4.18. The third-order valence-corrected chi connectivity index (χ3v) is 4.78. The number of aryl methyl sites for hydroxylation is 1. The van der Waals surface area contributed by atoms with E-state index in [1.807, 2.05) is 12.3 Å². The van der Waals surface area contributed by atoms with Crippen LogP contribution in [0.4, 0.5) is 0 Å². The lowest BCUT2D eigenvalue weighted by molar-refractivity contribution is 0.280. The maximum Gasteiger partial charge on any atom is 0.124 e. The fraction of sp³-hybridized carbons (Fsp3) is 0.409. The number of hydrogen-bond donors (Lipinski definition) is 1. The van der Waals surface area contributed by atoms with Crippen LogP contribution in [-0.2, 0) is 0 Å². The van der Waals surface area contributed by atoms with Gasteiger partial charge in [0.15, 0.2) is 0 Å². The van der Waals surface area contributed by atoms with Crippen molar-refractivity contribution < 1.29 is 6.16 Å². The molecular formula is C22H27N3O. The Bertz CT molecular complexity index is 1010. The first-order chi connectivity index (χ1) is 12.6. The number of ether oxygens (including phenoxy) is 1. The van der Waals surface area contributed by atoms with Crippen molar-refractivity contribution in [3.05, 3.63) is 35.7 Å². The molecule has 4 nitrogen and oxygen atoms in total. The van der Waals surface area contributed by atoms with E-state index >= 15 is 0 Å². The minimum Gasteiger partial charge on any atom is -0.493 e. The van der Waals surface area contributed by atoms with Gasteiger partial charge in [-0.25, -0.2) is 4.98 Å². The number of H-pyrrole nitrogens is 1. The Kier molecular flexibility index (Phi) is 4.57. The second-order valence-corrected chi connectivity index (χ2v) is 7.42. The van der Waals surface area contributed by atoms with Gasteiger partial charge in [-0.2, -0.15) is 0 Å². The molecule has 26 heavy (non-hydrogen) atoms. The van der Waals surface area contributed by atoms with Gasteiger partial charge in [0.1, 0.15) is 11.4 Å². The van der Waals surface area contributed by atoms with E-state index in [1.165, 1.54) is 18.2 Å². The molecule has 1 aliphatic carbocycles. The Morgan fingerprint density at radius 3 is 2.92 bits per heavy atom. The lowest BCUT2D eigenvalue weighted by Crippen LogP contribution is -2.15. The number of fused-ring (bicyclic) bond motifs is 3. The molecule has 0 radical (unpaired) electrons. The van der Waals surface area contributed by atoms with Crippen molar-refractivity contribution in [2.75, 3.05) is 27.2 Å². The molecule has 0 saturated heterocycles. The van der Waals surface area contributed by atoms with Crippen LogP contribution in [0.15, 0.2) is 24.4 Å². The average Bonchev–Trinajstić information content (AvgIpc) is 3.37. The maximum atomic E-state index is 6.02. The van der Waals surface area contributed by atoms with E-state index in [-0.39, 0.29) is 1.43 Å². The van der Waals surface area contributed by atoms with Crippen molar-refractivity contribution in [3.8, 4) is 17.6 Å². The molecule has 4 rings (SSSR count). The molecule has 0 bridgehead atoms. The first kappa shape index (κ1) is 16.9. The van der Waals surface area contributed by atoms with Gasteiger partial charge in [0.25, 0.3) is 0 Å². The first-order valence-electron chi connectivity index (χ1n) is 9.32. The standard InChI is InChI=1S/C22H25N3O.H2/c1-15-13-17-20(14-21(15)26-12-4-11-25(2)3)24-19-9-10-23-18(22(17)19)8-7-16-5-6-16;/h9-10,13-14,16,24H,4-6,11-12H2,1-3H3;1H. The molecule has 1 N–H and O–H groups in total. The number of aromatic nitrogens is 2. The molecule has 0 unspecified atom stereocenters. The van der Waals surface area contributed by atoms with Crippen molar-refractivity contribution in [2.24, 2.45) is 5.92 Å². The Morgan fingerprint density at radius 2 is 2.15 bits per heavy atom. The van der Waals surface area contributed by atoms with Gasteiger partial charge in [-0.1, -0.05) is 5.92 Å². The third kappa shape index (κ3) is 3.54. The van der Waals surface area contributed by atoms with Crippen LogP contribution in [-0.4, -0.2) is 42.1 Å². The number of aromatic amines is 1. The maximum absolute atomic E-state index is 6.02. The molecule has 2 heterocycles. The predicted molar refractivity (Wildman–Crippen MR) is 109 cm³/mol. The predicted octanol–water partition coefficient (Wildman–Crippen LogP) is 4.36. The minimum atomic E-state index is 0. The summed E-state index contributed by atoms with van der Waals surface area (Å²) >= 11 is 0. The number of hydrogen-bond acceptors (Lipinski definition) is 3. The van der Waals surface area contributed by atoms with Gasteiger partial charge in [-0.05, 0) is 63.9 Å². The minimum absolute atomic E-state index is 0. The summed E-state index contributed by atoms with van der Waals surface area (Å²) in [6, 6.07) is 6.32. The lowest BCUT2D eigenvalue weighted by Gasteiger charge is -2.12. The fourth-order valence-corrected chi connectivity index (χ4v) is 3.19. The zero-order valence-corrected chi connectivity index (χ0v) is 15.7. The summed E-state index contributed by atoms with van der Waals surface area (Å²) in [5, 5.41) is 2.30. The molecule has 1 fully saturated rings. The number of nitrogens with zero attached hydrogens (tertiary/aromatic N) is 2. The highest BCUT2D eigenvalue weighted by atomic mass is 16.5. The number of rotatable bonds is 5. The largest absolute Gasteiger partial charge is 0.493 e. The molecule has 136 valence electrons. The van der Waals surface area contributed by atoms with Crippen LogP contribution in [0.3, 0.4) is 0 Å². The monoisotopic (exact) mass is 349 g/mol. The van der Waals surface area contributed by atoms with E-state index < -0.39 is 0 Å². The topological polar surface area (TPSA) is 41.1 Å². The second-order valence-electron chi connectivity index (χ2n) is 7.42. The molecule has 4 heteroatoms. The van der Waals surface area contributed by atoms with Crippen molar-refractivity contribution in [2.45, 2.75) is 26.2 Å². The SMILES string of the molecule is Cc1cc2c(cc1OCCCN(C)C)[nH]c1ccnc(C#CC3CC3)c12.[HH]. The lowest BCUT2D eigenvalue weighted by atomic mass is 10.1. The summed E-state index contributed by atoms with van der Waals surface area (Å²) in [4.78, 5) is 10.2. The van der Waals surface area contributed by atoms with Gasteiger partial charge in [0.2, 0.25) is 0 Å². The van der Waals surface area contributed by atoms with Gasteiger partial charge in [-0.3, -0.25) is 0 Å². The first-order valence-corrected chi connectivity index (χ1v) is 9.32. The zero-order valence-electron chi connectivity index (χ0n) is 15.7. The quantitative estimate of drug-likeness (QED) is 0.549. The summed E-state index contributed by atoms with van der Waals surface area (Å²) in [7, 11) is 4.17. The van der Waals surface area contributed by atoms with Crippen molar-refractivity contribution in [3.63, 3.8) is 0 Å². The van der Waals surface area contributed by atoms with E-state index in [0.717, 1.165) is 53.0 Å². The van der Waals surface area contributed by atoms with Crippen LogP contribution in [0, 0.1) is 24.7 Å². The fourth-order valence-electron chi connectivity index (χ4n) is 3.19. The molecule has 2 aromatic heterocycles. The summed E-state index contributed by atoms with van der Waals surface area (Å²) in [5.74, 6) is 8.15. The van der Waals surface area contributed by atoms with E-state index in [4.69, 9.17) is 4.74 Å². The zero-order chi connectivity index (χ0) is 18.1. The second kappa shape index (κ2) is 7.01. The smallest absolute Gasteiger partial charge is 0.124 e. The molecule has 1 saturated carbocycles. The van der Waals surface area contributed by atoms with Crippen LogP contribution < -0.4 is 4.74 Å². The summed E-state index contributed by atoms with van der Waals surface area (Å²) < 4.78 is 6.02. The molecule has 0 aliphatic heterocycles. The molecule has 1 aromatic carbocycles. The number of nitrogens with one attached hydrogen (secondary N) is 1. The van der Waals surface area contributed by atoms with E-state index in [2.05, 4.69) is 59.9 Å². The Labute approximate surface area is 156 Å². The van der Waals surface area contributed by atoms with Crippen molar-refractivity contribution in [1.82, 2.24) is 14.9 Å². The Hall–Kier alpha value is -2.51.